The van der Waals surface area contributed by atoms with Gasteiger partial charge < -0.3 is 4.90 Å². The van der Waals surface area contributed by atoms with Gasteiger partial charge in [0.25, 0.3) is 0 Å². The number of hydrogen-bond donors (Lipinski definition) is 0. The fourth-order valence-electron chi connectivity index (χ4n) is 1.64. The van der Waals surface area contributed by atoms with Crippen molar-refractivity contribution in [3.63, 3.8) is 0 Å². The number of rotatable bonds is 1. The molecule has 66 valence electrons. The summed E-state index contributed by atoms with van der Waals surface area (Å²) in [6, 6.07) is 0. The average molecular weight is 184 g/mol. The summed E-state index contributed by atoms with van der Waals surface area (Å²) in [5.74, 6) is 0. The SMILES string of the molecule is CN1CCC2=NC(C=O)SC2C1. The molecule has 0 aliphatic carbocycles. The van der Waals surface area contributed by atoms with Crippen molar-refractivity contribution in [1.82, 2.24) is 4.90 Å². The van der Waals surface area contributed by atoms with Crippen molar-refractivity contribution in [3.05, 3.63) is 0 Å². The zero-order chi connectivity index (χ0) is 8.55. The van der Waals surface area contributed by atoms with Gasteiger partial charge in [0, 0.05) is 18.8 Å². The smallest absolute Gasteiger partial charge is 0.154 e. The first-order valence-corrected chi connectivity index (χ1v) is 5.10. The van der Waals surface area contributed by atoms with Crippen LogP contribution in [0, 0.1) is 0 Å². The summed E-state index contributed by atoms with van der Waals surface area (Å²) in [5.41, 5.74) is 1.25. The monoisotopic (exact) mass is 184 g/mol. The zero-order valence-corrected chi connectivity index (χ0v) is 7.88. The topological polar surface area (TPSA) is 32.7 Å². The Morgan fingerprint density at radius 3 is 3.33 bits per heavy atom. The normalized spacial score (nSPS) is 35.9. The summed E-state index contributed by atoms with van der Waals surface area (Å²) in [6.07, 6.45) is 1.98. The second kappa shape index (κ2) is 3.18. The molecule has 3 nitrogen and oxygen atoms in total. The minimum atomic E-state index is -0.114. The van der Waals surface area contributed by atoms with Crippen LogP contribution in [0.15, 0.2) is 4.99 Å². The quantitative estimate of drug-likeness (QED) is 0.553. The second-order valence-electron chi connectivity index (χ2n) is 3.28. The van der Waals surface area contributed by atoms with Crippen molar-refractivity contribution in [2.45, 2.75) is 17.0 Å². The Hall–Kier alpha value is -0.350. The van der Waals surface area contributed by atoms with Crippen LogP contribution in [0.2, 0.25) is 0 Å². The third-order valence-corrected chi connectivity index (χ3v) is 3.56. The van der Waals surface area contributed by atoms with E-state index in [4.69, 9.17) is 0 Å². The molecule has 1 fully saturated rings. The third-order valence-electron chi connectivity index (χ3n) is 2.31. The van der Waals surface area contributed by atoms with Crippen LogP contribution in [0.5, 0.6) is 0 Å². The number of fused-ring (bicyclic) bond motifs is 1. The molecule has 0 radical (unpaired) electrons. The van der Waals surface area contributed by atoms with Gasteiger partial charge in [0.15, 0.2) is 11.7 Å². The van der Waals surface area contributed by atoms with E-state index in [-0.39, 0.29) is 5.37 Å². The number of carbonyl (C=O) groups is 1. The van der Waals surface area contributed by atoms with Gasteiger partial charge in [-0.25, -0.2) is 0 Å². The lowest BCUT2D eigenvalue weighted by atomic mass is 10.1. The lowest BCUT2D eigenvalue weighted by Crippen LogP contribution is -2.38. The van der Waals surface area contributed by atoms with E-state index in [2.05, 4.69) is 16.9 Å². The van der Waals surface area contributed by atoms with Gasteiger partial charge in [-0.1, -0.05) is 0 Å². The molecule has 4 heteroatoms. The van der Waals surface area contributed by atoms with Crippen LogP contribution in [-0.2, 0) is 4.79 Å². The van der Waals surface area contributed by atoms with Crippen LogP contribution in [-0.4, -0.2) is 47.7 Å². The molecule has 2 aliphatic rings. The van der Waals surface area contributed by atoms with Crippen LogP contribution >= 0.6 is 11.8 Å². The average Bonchev–Trinajstić information content (AvgIpc) is 2.46. The summed E-state index contributed by atoms with van der Waals surface area (Å²) in [7, 11) is 2.12. The maximum absolute atomic E-state index is 10.5. The number of carbonyl (C=O) groups excluding carboxylic acids is 1. The second-order valence-corrected chi connectivity index (χ2v) is 4.61. The Morgan fingerprint density at radius 1 is 1.75 bits per heavy atom. The fourth-order valence-corrected chi connectivity index (χ4v) is 2.91. The molecular weight excluding hydrogens is 172 g/mol. The summed E-state index contributed by atoms with van der Waals surface area (Å²) in [4.78, 5) is 17.1. The fraction of sp³-hybridized carbons (Fsp3) is 0.750. The minimum absolute atomic E-state index is 0.114. The van der Waals surface area contributed by atoms with Crippen molar-refractivity contribution in [1.29, 1.82) is 0 Å². The molecule has 0 bridgehead atoms. The Balaban J connectivity index is 2.07. The Morgan fingerprint density at radius 2 is 2.58 bits per heavy atom. The number of aliphatic imine (C=N–C) groups is 1. The molecule has 0 aromatic heterocycles. The Labute approximate surface area is 76.2 Å². The number of aldehydes is 1. The molecule has 2 aliphatic heterocycles. The number of nitrogens with zero attached hydrogens (tertiary/aromatic N) is 2. The maximum atomic E-state index is 10.5. The summed E-state index contributed by atoms with van der Waals surface area (Å²) < 4.78 is 0. The molecule has 2 heterocycles. The van der Waals surface area contributed by atoms with Crippen molar-refractivity contribution >= 4 is 23.8 Å². The minimum Gasteiger partial charge on any atom is -0.305 e. The van der Waals surface area contributed by atoms with E-state index in [9.17, 15) is 4.79 Å². The van der Waals surface area contributed by atoms with E-state index in [0.717, 1.165) is 25.8 Å². The van der Waals surface area contributed by atoms with Crippen molar-refractivity contribution in [2.75, 3.05) is 20.1 Å². The lowest BCUT2D eigenvalue weighted by molar-refractivity contribution is -0.107. The van der Waals surface area contributed by atoms with Crippen LogP contribution in [0.1, 0.15) is 6.42 Å². The van der Waals surface area contributed by atoms with Crippen molar-refractivity contribution < 1.29 is 4.79 Å². The first-order chi connectivity index (χ1) is 5.79. The molecule has 2 rings (SSSR count). The third kappa shape index (κ3) is 1.41. The number of thioether (sulfide) groups is 1. The van der Waals surface area contributed by atoms with Crippen LogP contribution < -0.4 is 0 Å². The number of likely N-dealkylation sites (tertiary alicyclic amines) is 1. The maximum Gasteiger partial charge on any atom is 0.154 e. The van der Waals surface area contributed by atoms with E-state index < -0.39 is 0 Å². The molecular formula is C8H12N2OS. The van der Waals surface area contributed by atoms with E-state index in [1.807, 2.05) is 0 Å². The van der Waals surface area contributed by atoms with Gasteiger partial charge in [0.05, 0.1) is 5.25 Å². The standard InChI is InChI=1S/C8H12N2OS/c1-10-3-2-6-7(4-10)12-8(5-11)9-6/h5,7-8H,2-4H2,1H3. The molecule has 0 saturated carbocycles. The van der Waals surface area contributed by atoms with Gasteiger partial charge in [0.1, 0.15) is 0 Å². The highest BCUT2D eigenvalue weighted by Crippen LogP contribution is 2.30. The zero-order valence-electron chi connectivity index (χ0n) is 7.06. The molecule has 0 spiro atoms. The summed E-state index contributed by atoms with van der Waals surface area (Å²) in [6.45, 7) is 2.13. The summed E-state index contributed by atoms with van der Waals surface area (Å²) >= 11 is 1.68. The van der Waals surface area contributed by atoms with Crippen molar-refractivity contribution in [3.8, 4) is 0 Å². The first-order valence-electron chi connectivity index (χ1n) is 4.15. The van der Waals surface area contributed by atoms with E-state index in [1.165, 1.54) is 5.71 Å². The molecule has 0 amide bonds. The van der Waals surface area contributed by atoms with Crippen LogP contribution in [0.3, 0.4) is 0 Å². The molecule has 1 saturated heterocycles. The molecule has 0 aromatic carbocycles. The van der Waals surface area contributed by atoms with Crippen LogP contribution in [0.4, 0.5) is 0 Å². The molecule has 12 heavy (non-hydrogen) atoms. The van der Waals surface area contributed by atoms with Crippen LogP contribution in [0.25, 0.3) is 0 Å². The number of hydrogen-bond acceptors (Lipinski definition) is 4. The number of piperidine rings is 1. The molecule has 2 atom stereocenters. The summed E-state index contributed by atoms with van der Waals surface area (Å²) in [5, 5.41) is 0.371. The molecule has 0 aromatic rings. The van der Waals surface area contributed by atoms with Gasteiger partial charge in [0.2, 0.25) is 0 Å². The van der Waals surface area contributed by atoms with Gasteiger partial charge in [-0.3, -0.25) is 9.79 Å². The lowest BCUT2D eigenvalue weighted by Gasteiger charge is -2.27. The molecule has 2 unspecified atom stereocenters. The highest BCUT2D eigenvalue weighted by atomic mass is 32.2. The van der Waals surface area contributed by atoms with Gasteiger partial charge in [-0.2, -0.15) is 0 Å². The Kier molecular flexibility index (Phi) is 2.19. The highest BCUT2D eigenvalue weighted by Gasteiger charge is 2.31. The Bertz CT molecular complexity index is 229. The van der Waals surface area contributed by atoms with Crippen molar-refractivity contribution in [2.24, 2.45) is 4.99 Å². The molecule has 0 N–H and O–H groups in total. The van der Waals surface area contributed by atoms with E-state index in [1.54, 1.807) is 11.8 Å². The predicted molar refractivity (Wildman–Crippen MR) is 50.8 cm³/mol. The largest absolute Gasteiger partial charge is 0.305 e. The first kappa shape index (κ1) is 8.26. The van der Waals surface area contributed by atoms with Gasteiger partial charge >= 0.3 is 0 Å². The van der Waals surface area contributed by atoms with Gasteiger partial charge in [-0.05, 0) is 13.5 Å². The van der Waals surface area contributed by atoms with E-state index in [0.29, 0.717) is 5.25 Å². The predicted octanol–water partition coefficient (Wildman–Crippen LogP) is 0.403. The van der Waals surface area contributed by atoms with E-state index >= 15 is 0 Å². The van der Waals surface area contributed by atoms with Gasteiger partial charge in [-0.15, -0.1) is 11.8 Å². The highest BCUT2D eigenvalue weighted by molar-refractivity contribution is 8.02.